The van der Waals surface area contributed by atoms with E-state index in [1.54, 1.807) is 16.9 Å². The van der Waals surface area contributed by atoms with Crippen molar-refractivity contribution in [3.8, 4) is 17.6 Å². The third kappa shape index (κ3) is 4.67. The van der Waals surface area contributed by atoms with E-state index in [4.69, 9.17) is 4.74 Å². The van der Waals surface area contributed by atoms with Crippen LogP contribution in [0.2, 0.25) is 0 Å². The van der Waals surface area contributed by atoms with Gasteiger partial charge in [-0.15, -0.1) is 0 Å². The van der Waals surface area contributed by atoms with Gasteiger partial charge in [0.25, 0.3) is 0 Å². The van der Waals surface area contributed by atoms with Gasteiger partial charge in [-0.2, -0.15) is 0 Å². The maximum atomic E-state index is 12.7. The summed E-state index contributed by atoms with van der Waals surface area (Å²) in [4.78, 5) is 28.5. The number of benzene rings is 2. The number of fused-ring (bicyclic) bond motifs is 1. The van der Waals surface area contributed by atoms with Crippen LogP contribution < -0.4 is 10.1 Å². The molecule has 0 bridgehead atoms. The Morgan fingerprint density at radius 1 is 1.12 bits per heavy atom. The van der Waals surface area contributed by atoms with Gasteiger partial charge in [-0.05, 0) is 55.8 Å². The Morgan fingerprint density at radius 3 is 2.27 bits per heavy atom. The molecule has 172 valence electrons. The summed E-state index contributed by atoms with van der Waals surface area (Å²) in [6.45, 7) is 4.17. The molecule has 2 aliphatic rings. The van der Waals surface area contributed by atoms with E-state index in [0.29, 0.717) is 6.54 Å². The third-order valence-electron chi connectivity index (χ3n) is 6.19. The molecule has 0 saturated carbocycles. The van der Waals surface area contributed by atoms with Crippen molar-refractivity contribution in [2.24, 2.45) is 0 Å². The lowest BCUT2D eigenvalue weighted by atomic mass is 9.73. The second-order valence-electron chi connectivity index (χ2n) is 8.73. The lowest BCUT2D eigenvalue weighted by Gasteiger charge is -2.58. The van der Waals surface area contributed by atoms with Crippen LogP contribution in [0.15, 0.2) is 48.5 Å². The van der Waals surface area contributed by atoms with Crippen molar-refractivity contribution < 1.29 is 19.4 Å². The molecule has 2 fully saturated rings. The second-order valence-corrected chi connectivity index (χ2v) is 8.73. The number of piperazine rings is 1. The van der Waals surface area contributed by atoms with E-state index in [1.165, 1.54) is 0 Å². The van der Waals surface area contributed by atoms with Crippen LogP contribution in [0.3, 0.4) is 0 Å². The maximum absolute atomic E-state index is 12.7. The standard InChI is InChI=1S/C26H29N3O4/c1-17(2)27-26(32)28-14-22-25(23(16-30)29(22)24(31)15-28)20-10-6-18(7-11-20)4-5-19-8-12-21(33-3)13-9-19/h6-13,17,22-23,25,30H,14-16H2,1-3H3,(H,27,32)/t22-,23-,25+/m1/s1. The number of carbonyl (C=O) groups excluding carboxylic acids is 2. The smallest absolute Gasteiger partial charge is 0.318 e. The SMILES string of the molecule is COc1ccc(C#Cc2ccc([C@@H]3[C@@H](CO)N4C(=O)CN(C(=O)NC(C)C)C[C@H]34)cc2)cc1. The highest BCUT2D eigenvalue weighted by molar-refractivity contribution is 5.87. The highest BCUT2D eigenvalue weighted by atomic mass is 16.5. The van der Waals surface area contributed by atoms with Gasteiger partial charge in [0.05, 0.1) is 25.8 Å². The van der Waals surface area contributed by atoms with Gasteiger partial charge < -0.3 is 25.0 Å². The molecule has 2 aliphatic heterocycles. The van der Waals surface area contributed by atoms with Crippen molar-refractivity contribution in [3.05, 3.63) is 65.2 Å². The molecular formula is C26H29N3O4. The van der Waals surface area contributed by atoms with Crippen LogP contribution in [-0.4, -0.2) is 71.8 Å². The van der Waals surface area contributed by atoms with Crippen LogP contribution in [0.5, 0.6) is 5.75 Å². The van der Waals surface area contributed by atoms with Gasteiger partial charge in [0.1, 0.15) is 12.3 Å². The van der Waals surface area contributed by atoms with Crippen LogP contribution in [0.25, 0.3) is 0 Å². The number of carbonyl (C=O) groups is 2. The number of hydrogen-bond acceptors (Lipinski definition) is 4. The fraction of sp³-hybridized carbons (Fsp3) is 0.385. The normalized spacial score (nSPS) is 21.6. The van der Waals surface area contributed by atoms with Crippen molar-refractivity contribution >= 4 is 11.9 Å². The predicted molar refractivity (Wildman–Crippen MR) is 125 cm³/mol. The molecule has 2 saturated heterocycles. The van der Waals surface area contributed by atoms with Crippen molar-refractivity contribution in [1.82, 2.24) is 15.1 Å². The molecule has 0 aliphatic carbocycles. The van der Waals surface area contributed by atoms with E-state index in [0.717, 1.165) is 22.4 Å². The van der Waals surface area contributed by atoms with Crippen LogP contribution in [-0.2, 0) is 4.79 Å². The summed E-state index contributed by atoms with van der Waals surface area (Å²) in [7, 11) is 1.63. The number of nitrogens with one attached hydrogen (secondary N) is 1. The van der Waals surface area contributed by atoms with E-state index in [1.807, 2.05) is 62.4 Å². The molecule has 0 radical (unpaired) electrons. The van der Waals surface area contributed by atoms with Crippen LogP contribution in [0.4, 0.5) is 4.79 Å². The van der Waals surface area contributed by atoms with Gasteiger partial charge in [0.15, 0.2) is 0 Å². The lowest BCUT2D eigenvalue weighted by molar-refractivity contribution is -0.159. The van der Waals surface area contributed by atoms with Gasteiger partial charge in [-0.25, -0.2) is 4.79 Å². The van der Waals surface area contributed by atoms with E-state index in [9.17, 15) is 14.7 Å². The first kappa shape index (κ1) is 22.7. The molecule has 2 aromatic carbocycles. The molecule has 7 heteroatoms. The first-order valence-electron chi connectivity index (χ1n) is 11.1. The highest BCUT2D eigenvalue weighted by Crippen LogP contribution is 2.42. The molecule has 0 spiro atoms. The Kier molecular flexibility index (Phi) is 6.57. The van der Waals surface area contributed by atoms with Crippen molar-refractivity contribution in [1.29, 1.82) is 0 Å². The van der Waals surface area contributed by atoms with Gasteiger partial charge in [0.2, 0.25) is 5.91 Å². The fourth-order valence-electron chi connectivity index (χ4n) is 4.60. The monoisotopic (exact) mass is 447 g/mol. The Hall–Kier alpha value is -3.50. The summed E-state index contributed by atoms with van der Waals surface area (Å²) in [5, 5.41) is 12.8. The summed E-state index contributed by atoms with van der Waals surface area (Å²) < 4.78 is 5.17. The van der Waals surface area contributed by atoms with Gasteiger partial charge in [-0.3, -0.25) is 4.79 Å². The number of ether oxygens (including phenoxy) is 1. The number of rotatable bonds is 4. The largest absolute Gasteiger partial charge is 0.497 e. The Morgan fingerprint density at radius 2 is 1.73 bits per heavy atom. The molecule has 0 unspecified atom stereocenters. The number of aliphatic hydroxyl groups is 1. The molecule has 4 rings (SSSR count). The van der Waals surface area contributed by atoms with Crippen LogP contribution >= 0.6 is 0 Å². The van der Waals surface area contributed by atoms with E-state index in [-0.39, 0.29) is 49.1 Å². The Balaban J connectivity index is 1.49. The lowest BCUT2D eigenvalue weighted by Crippen LogP contribution is -2.74. The van der Waals surface area contributed by atoms with Crippen molar-refractivity contribution in [2.75, 3.05) is 26.8 Å². The molecular weight excluding hydrogens is 418 g/mol. The van der Waals surface area contributed by atoms with Crippen LogP contribution in [0, 0.1) is 11.8 Å². The number of aliphatic hydroxyl groups excluding tert-OH is 1. The molecule has 2 aromatic rings. The summed E-state index contributed by atoms with van der Waals surface area (Å²) in [6, 6.07) is 14.8. The predicted octanol–water partition coefficient (Wildman–Crippen LogP) is 2.18. The molecule has 33 heavy (non-hydrogen) atoms. The fourth-order valence-corrected chi connectivity index (χ4v) is 4.60. The van der Waals surface area contributed by atoms with Gasteiger partial charge >= 0.3 is 6.03 Å². The Labute approximate surface area is 194 Å². The molecule has 3 atom stereocenters. The number of urea groups is 1. The first-order valence-corrected chi connectivity index (χ1v) is 11.1. The maximum Gasteiger partial charge on any atom is 0.318 e. The number of methoxy groups -OCH3 is 1. The number of hydrogen-bond donors (Lipinski definition) is 2. The molecule has 2 heterocycles. The average Bonchev–Trinajstić information content (AvgIpc) is 2.79. The molecule has 7 nitrogen and oxygen atoms in total. The zero-order valence-electron chi connectivity index (χ0n) is 19.1. The first-order chi connectivity index (χ1) is 15.9. The Bertz CT molecular complexity index is 1070. The van der Waals surface area contributed by atoms with Crippen LogP contribution in [0.1, 0.15) is 36.5 Å². The van der Waals surface area contributed by atoms with Gasteiger partial charge in [0, 0.05) is 29.6 Å². The number of amides is 3. The zero-order chi connectivity index (χ0) is 23.5. The summed E-state index contributed by atoms with van der Waals surface area (Å²) in [5.74, 6) is 6.95. The summed E-state index contributed by atoms with van der Waals surface area (Å²) in [5.41, 5.74) is 2.81. The molecule has 3 amide bonds. The van der Waals surface area contributed by atoms with E-state index in [2.05, 4.69) is 17.2 Å². The molecule has 2 N–H and O–H groups in total. The van der Waals surface area contributed by atoms with Crippen molar-refractivity contribution in [2.45, 2.75) is 37.9 Å². The summed E-state index contributed by atoms with van der Waals surface area (Å²) >= 11 is 0. The third-order valence-corrected chi connectivity index (χ3v) is 6.19. The topological polar surface area (TPSA) is 82.1 Å². The second kappa shape index (κ2) is 9.55. The highest BCUT2D eigenvalue weighted by Gasteiger charge is 2.54. The average molecular weight is 448 g/mol. The zero-order valence-corrected chi connectivity index (χ0v) is 19.1. The summed E-state index contributed by atoms with van der Waals surface area (Å²) in [6.07, 6.45) is 0. The molecule has 0 aromatic heterocycles. The minimum atomic E-state index is -0.269. The minimum Gasteiger partial charge on any atom is -0.497 e. The van der Waals surface area contributed by atoms with Gasteiger partial charge in [-0.1, -0.05) is 24.0 Å². The van der Waals surface area contributed by atoms with E-state index < -0.39 is 0 Å². The van der Waals surface area contributed by atoms with Crippen molar-refractivity contribution in [3.63, 3.8) is 0 Å². The minimum absolute atomic E-state index is 0.000391. The number of nitrogens with zero attached hydrogens (tertiary/aromatic N) is 2. The van der Waals surface area contributed by atoms with E-state index >= 15 is 0 Å². The quantitative estimate of drug-likeness (QED) is 0.704.